The van der Waals surface area contributed by atoms with E-state index in [1.165, 1.54) is 114 Å². The van der Waals surface area contributed by atoms with Crippen molar-refractivity contribution in [1.29, 1.82) is 0 Å². The van der Waals surface area contributed by atoms with E-state index in [1.54, 1.807) is 0 Å². The standard InChI is InChI=1S/C64H39N3S/c1-4-16-40(17-5-1)43-36-44(41-18-6-2-7-19-41)38-48(37-43)67-54-28-14-26-50-49-25-13-27-53-61(49)63-55(34-32-42-33-35-56(67)64(59(42)63)62(50)54)66(53)47-23-12-22-46(39-47)65(45-20-8-3-9-21-45)52-29-15-31-58-60(52)51-24-10-11-30-57(51)68-58/h1-39H. The first-order valence-electron chi connectivity index (χ1n) is 23.3. The van der Waals surface area contributed by atoms with Gasteiger partial charge in [-0.05, 0) is 130 Å². The fourth-order valence-corrected chi connectivity index (χ4v) is 12.7. The van der Waals surface area contributed by atoms with Crippen LogP contribution in [0, 0.1) is 0 Å². The largest absolute Gasteiger partial charge is 0.310 e. The summed E-state index contributed by atoms with van der Waals surface area (Å²) in [7, 11) is 0. The molecule has 316 valence electrons. The van der Waals surface area contributed by atoms with E-state index in [-0.39, 0.29) is 0 Å². The van der Waals surface area contributed by atoms with Crippen LogP contribution in [0.4, 0.5) is 17.1 Å². The van der Waals surface area contributed by atoms with E-state index in [0.717, 1.165) is 22.7 Å². The summed E-state index contributed by atoms with van der Waals surface area (Å²) in [5.41, 5.74) is 17.8. The van der Waals surface area contributed by atoms with Crippen LogP contribution in [0.1, 0.15) is 0 Å². The summed E-state index contributed by atoms with van der Waals surface area (Å²) in [4.78, 5) is 2.44. The van der Waals surface area contributed by atoms with Crippen LogP contribution >= 0.6 is 11.3 Å². The molecule has 0 aliphatic heterocycles. The van der Waals surface area contributed by atoms with Crippen molar-refractivity contribution >= 4 is 103 Å². The quantitative estimate of drug-likeness (QED) is 0.155. The second kappa shape index (κ2) is 14.4. The Bertz CT molecular complexity index is 4310. The van der Waals surface area contributed by atoms with E-state index in [1.807, 2.05) is 11.3 Å². The summed E-state index contributed by atoms with van der Waals surface area (Å²) in [6.07, 6.45) is 0. The van der Waals surface area contributed by atoms with Gasteiger partial charge in [-0.15, -0.1) is 11.3 Å². The zero-order chi connectivity index (χ0) is 44.5. The average molecular weight is 882 g/mol. The molecule has 68 heavy (non-hydrogen) atoms. The van der Waals surface area contributed by atoms with Crippen molar-refractivity contribution in [3.8, 4) is 44.8 Å². The molecule has 3 nitrogen and oxygen atoms in total. The summed E-state index contributed by atoms with van der Waals surface area (Å²) in [6.45, 7) is 0. The average Bonchev–Trinajstić information content (AvgIpc) is 4.05. The van der Waals surface area contributed by atoms with Crippen LogP contribution < -0.4 is 4.90 Å². The van der Waals surface area contributed by atoms with Crippen molar-refractivity contribution in [3.63, 3.8) is 0 Å². The van der Waals surface area contributed by atoms with Crippen molar-refractivity contribution in [2.75, 3.05) is 4.90 Å². The van der Waals surface area contributed by atoms with Gasteiger partial charge in [0, 0.05) is 69.9 Å². The molecule has 0 N–H and O–H groups in total. The van der Waals surface area contributed by atoms with E-state index in [4.69, 9.17) is 0 Å². The Hall–Kier alpha value is -8.70. The Morgan fingerprint density at radius 2 is 0.838 bits per heavy atom. The number of hydrogen-bond donors (Lipinski definition) is 0. The number of rotatable bonds is 7. The normalized spacial score (nSPS) is 12.1. The highest BCUT2D eigenvalue weighted by molar-refractivity contribution is 7.26. The highest BCUT2D eigenvalue weighted by Gasteiger charge is 2.28. The van der Waals surface area contributed by atoms with Gasteiger partial charge in [-0.3, -0.25) is 0 Å². The number of fused-ring (bicyclic) bond motifs is 4. The lowest BCUT2D eigenvalue weighted by Gasteiger charge is -2.27. The molecule has 11 aromatic carbocycles. The second-order valence-corrected chi connectivity index (χ2v) is 19.1. The second-order valence-electron chi connectivity index (χ2n) is 18.0. The zero-order valence-corrected chi connectivity index (χ0v) is 37.6. The van der Waals surface area contributed by atoms with Crippen molar-refractivity contribution in [3.05, 3.63) is 237 Å². The Morgan fingerprint density at radius 1 is 0.309 bits per heavy atom. The predicted octanol–water partition coefficient (Wildman–Crippen LogP) is 18.2. The number of thiophene rings is 1. The molecule has 0 radical (unpaired) electrons. The molecule has 1 aliphatic carbocycles. The number of para-hydroxylation sites is 1. The molecule has 0 spiro atoms. The van der Waals surface area contributed by atoms with Crippen LogP contribution in [0.2, 0.25) is 0 Å². The number of hydrogen-bond acceptors (Lipinski definition) is 2. The van der Waals surface area contributed by atoms with Gasteiger partial charge in [-0.2, -0.15) is 0 Å². The van der Waals surface area contributed by atoms with Crippen molar-refractivity contribution in [1.82, 2.24) is 9.13 Å². The molecular formula is C64H39N3S. The Balaban J connectivity index is 0.997. The molecule has 0 saturated heterocycles. The van der Waals surface area contributed by atoms with Crippen LogP contribution in [-0.4, -0.2) is 9.13 Å². The van der Waals surface area contributed by atoms with Gasteiger partial charge in [-0.1, -0.05) is 146 Å². The van der Waals surface area contributed by atoms with Crippen LogP contribution in [0.15, 0.2) is 237 Å². The molecule has 0 saturated carbocycles. The van der Waals surface area contributed by atoms with Gasteiger partial charge in [0.05, 0.1) is 27.8 Å². The lowest BCUT2D eigenvalue weighted by molar-refractivity contribution is 1.17. The minimum absolute atomic E-state index is 1.11. The molecule has 15 rings (SSSR count). The van der Waals surface area contributed by atoms with Gasteiger partial charge in [0.15, 0.2) is 0 Å². The molecule has 14 aromatic rings. The van der Waals surface area contributed by atoms with Gasteiger partial charge in [0.2, 0.25) is 0 Å². The molecule has 1 aliphatic rings. The molecule has 4 heteroatoms. The van der Waals surface area contributed by atoms with Gasteiger partial charge >= 0.3 is 0 Å². The van der Waals surface area contributed by atoms with Gasteiger partial charge in [0.25, 0.3) is 0 Å². The van der Waals surface area contributed by atoms with Crippen molar-refractivity contribution < 1.29 is 0 Å². The first-order valence-corrected chi connectivity index (χ1v) is 24.2. The van der Waals surface area contributed by atoms with E-state index >= 15 is 0 Å². The van der Waals surface area contributed by atoms with Crippen molar-refractivity contribution in [2.45, 2.75) is 0 Å². The summed E-state index contributed by atoms with van der Waals surface area (Å²) in [5.74, 6) is 0. The Labute approximate surface area is 396 Å². The first-order chi connectivity index (χ1) is 33.7. The van der Waals surface area contributed by atoms with Crippen LogP contribution in [0.25, 0.3) is 119 Å². The maximum atomic E-state index is 2.52. The van der Waals surface area contributed by atoms with E-state index in [0.29, 0.717) is 0 Å². The molecule has 0 amide bonds. The minimum Gasteiger partial charge on any atom is -0.310 e. The molecule has 3 heterocycles. The monoisotopic (exact) mass is 881 g/mol. The minimum atomic E-state index is 1.11. The molecule has 0 atom stereocenters. The maximum absolute atomic E-state index is 2.52. The van der Waals surface area contributed by atoms with Gasteiger partial charge < -0.3 is 14.0 Å². The number of aromatic nitrogens is 2. The summed E-state index contributed by atoms with van der Waals surface area (Å²) in [5, 5.41) is 10.3. The fourth-order valence-electron chi connectivity index (χ4n) is 11.6. The molecule has 0 bridgehead atoms. The predicted molar refractivity (Wildman–Crippen MR) is 290 cm³/mol. The topological polar surface area (TPSA) is 13.1 Å². The smallest absolute Gasteiger partial charge is 0.0554 e. The SMILES string of the molecule is c1ccc(-c2cc(-c3ccccc3)cc(-n3c4cccc5c4c4c6c(ccc43)ccc3c6c4c-5cccc4n3-c3cccc(N(c4ccccc4)c4cccc5sc6ccccc6c45)c3)c2)cc1. The molecule has 3 aromatic heterocycles. The number of nitrogens with zero attached hydrogens (tertiary/aromatic N) is 3. The highest BCUT2D eigenvalue weighted by atomic mass is 32.1. The van der Waals surface area contributed by atoms with Crippen LogP contribution in [0.3, 0.4) is 0 Å². The lowest BCUT2D eigenvalue weighted by atomic mass is 9.97. The lowest BCUT2D eigenvalue weighted by Crippen LogP contribution is -2.10. The third kappa shape index (κ3) is 5.35. The van der Waals surface area contributed by atoms with Crippen molar-refractivity contribution in [2.24, 2.45) is 0 Å². The third-order valence-electron chi connectivity index (χ3n) is 14.4. The molecular weight excluding hydrogens is 843 g/mol. The Morgan fingerprint density at radius 3 is 1.50 bits per heavy atom. The zero-order valence-electron chi connectivity index (χ0n) is 36.8. The summed E-state index contributed by atoms with van der Waals surface area (Å²) < 4.78 is 7.61. The highest BCUT2D eigenvalue weighted by Crippen LogP contribution is 2.52. The first kappa shape index (κ1) is 37.5. The van der Waals surface area contributed by atoms with Crippen LogP contribution in [0.5, 0.6) is 0 Å². The van der Waals surface area contributed by atoms with Gasteiger partial charge in [0.1, 0.15) is 0 Å². The number of benzene rings is 11. The molecule has 0 unspecified atom stereocenters. The summed E-state index contributed by atoms with van der Waals surface area (Å²) in [6, 6.07) is 87.4. The summed E-state index contributed by atoms with van der Waals surface area (Å²) >= 11 is 1.86. The van der Waals surface area contributed by atoms with E-state index in [9.17, 15) is 0 Å². The van der Waals surface area contributed by atoms with Crippen LogP contribution in [-0.2, 0) is 0 Å². The Kier molecular flexibility index (Phi) is 7.94. The molecule has 0 fully saturated rings. The van der Waals surface area contributed by atoms with E-state index < -0.39 is 0 Å². The third-order valence-corrected chi connectivity index (χ3v) is 15.5. The van der Waals surface area contributed by atoms with E-state index in [2.05, 4.69) is 251 Å². The van der Waals surface area contributed by atoms with Gasteiger partial charge in [-0.25, -0.2) is 0 Å². The maximum Gasteiger partial charge on any atom is 0.0554 e. The fraction of sp³-hybridized carbons (Fsp3) is 0. The number of anilines is 3.